The minimum absolute atomic E-state index is 0. The molecule has 7 aromatic rings. The summed E-state index contributed by atoms with van der Waals surface area (Å²) in [6.45, 7) is 35.7. The van der Waals surface area contributed by atoms with Crippen molar-refractivity contribution in [2.45, 2.75) is 52.4 Å². The summed E-state index contributed by atoms with van der Waals surface area (Å²) in [5.41, 5.74) is 2.78. The number of ether oxygens (including phenoxy) is 1. The zero-order valence-corrected chi connectivity index (χ0v) is 33.4. The number of nitriles is 2. The van der Waals surface area contributed by atoms with E-state index in [0.29, 0.717) is 17.1 Å². The van der Waals surface area contributed by atoms with E-state index in [9.17, 15) is 10.5 Å². The van der Waals surface area contributed by atoms with Crippen LogP contribution in [0.25, 0.3) is 64.8 Å². The Hall–Kier alpha value is -7.09. The van der Waals surface area contributed by atoms with Crippen molar-refractivity contribution >= 4 is 38.9 Å². The Morgan fingerprint density at radius 2 is 1.46 bits per heavy atom. The molecule has 12 heteroatoms. The molecule has 0 saturated heterocycles. The number of fused-ring (bicyclic) bond motifs is 3. The summed E-state index contributed by atoms with van der Waals surface area (Å²) in [6.07, 6.45) is 1.83. The van der Waals surface area contributed by atoms with Gasteiger partial charge in [-0.2, -0.15) is 16.6 Å². The van der Waals surface area contributed by atoms with Crippen molar-refractivity contribution in [1.29, 1.82) is 10.5 Å². The molecule has 0 radical (unpaired) electrons. The van der Waals surface area contributed by atoms with Gasteiger partial charge in [0, 0.05) is 34.8 Å². The third-order valence-corrected chi connectivity index (χ3v) is 9.32. The minimum Gasteiger partial charge on any atom is -0.573 e. The molecule has 3 aromatic carbocycles. The summed E-state index contributed by atoms with van der Waals surface area (Å²) < 4.78 is 8.56. The third kappa shape index (κ3) is 6.65. The van der Waals surface area contributed by atoms with E-state index in [1.807, 2.05) is 60.8 Å². The largest absolute Gasteiger partial charge is 2.00 e. The smallest absolute Gasteiger partial charge is 0.573 e. The molecule has 0 unspecified atom stereocenters. The molecule has 0 aliphatic carbocycles. The molecular weight excluding hydrogens is 880 g/mol. The van der Waals surface area contributed by atoms with E-state index in [2.05, 4.69) is 95.1 Å². The van der Waals surface area contributed by atoms with Gasteiger partial charge in [0.05, 0.1) is 48.7 Å². The van der Waals surface area contributed by atoms with Gasteiger partial charge in [-0.3, -0.25) is 14.5 Å². The molecule has 4 heterocycles. The maximum atomic E-state index is 10.1. The number of nitrogens with zero attached hydrogens (tertiary/aromatic N) is 10. The van der Waals surface area contributed by atoms with Crippen LogP contribution in [-0.4, -0.2) is 19.6 Å². The molecule has 7 rings (SSSR count). The van der Waals surface area contributed by atoms with Gasteiger partial charge in [0.1, 0.15) is 5.82 Å². The summed E-state index contributed by atoms with van der Waals surface area (Å²) >= 11 is 0. The first-order chi connectivity index (χ1) is 26.3. The molecular formula is C44H30N10OPt. The van der Waals surface area contributed by atoms with Crippen molar-refractivity contribution < 1.29 is 25.8 Å². The van der Waals surface area contributed by atoms with E-state index in [1.165, 1.54) is 0 Å². The first-order valence-corrected chi connectivity index (χ1v) is 17.1. The Bertz CT molecular complexity index is 2890. The molecule has 0 aliphatic rings. The molecule has 0 amide bonds. The van der Waals surface area contributed by atoms with Crippen LogP contribution in [0.5, 0.6) is 11.6 Å². The molecule has 0 N–H and O–H groups in total. The molecule has 0 bridgehead atoms. The second-order valence-electron chi connectivity index (χ2n) is 14.9. The molecule has 0 saturated carbocycles. The average molecular weight is 910 g/mol. The van der Waals surface area contributed by atoms with Crippen molar-refractivity contribution in [2.75, 3.05) is 0 Å². The molecule has 56 heavy (non-hydrogen) atoms. The van der Waals surface area contributed by atoms with Gasteiger partial charge in [0.2, 0.25) is 17.3 Å². The van der Waals surface area contributed by atoms with Gasteiger partial charge in [0.25, 0.3) is 0 Å². The zero-order valence-electron chi connectivity index (χ0n) is 31.1. The predicted molar refractivity (Wildman–Crippen MR) is 209 cm³/mol. The number of para-hydroxylation sites is 1. The summed E-state index contributed by atoms with van der Waals surface area (Å²) in [4.78, 5) is 19.8. The van der Waals surface area contributed by atoms with Crippen LogP contribution in [0.2, 0.25) is 0 Å². The Morgan fingerprint density at radius 3 is 2.12 bits per heavy atom. The van der Waals surface area contributed by atoms with Crippen molar-refractivity contribution in [3.63, 3.8) is 0 Å². The van der Waals surface area contributed by atoms with Gasteiger partial charge in [-0.25, -0.2) is 9.97 Å². The Balaban J connectivity index is 0.00000532. The second kappa shape index (κ2) is 14.6. The number of pyridine rings is 2. The van der Waals surface area contributed by atoms with Gasteiger partial charge >= 0.3 is 21.1 Å². The number of benzene rings is 3. The molecule has 0 aliphatic heterocycles. The fourth-order valence-electron chi connectivity index (χ4n) is 6.46. The van der Waals surface area contributed by atoms with E-state index >= 15 is 0 Å². The Kier molecular flexibility index (Phi) is 10.1. The maximum Gasteiger partial charge on any atom is 2.00 e. The van der Waals surface area contributed by atoms with E-state index < -0.39 is 0 Å². The SMILES string of the molecule is [C-]#[N+]c1c(C#N)c(C#N)c(-c2cc(-c3cc(C(C)(C)C)cc(Oc4[c-]c5c(cc4)c4ccccc4n5-c4cc(C(C)(C)C)ccn4)n3)[n-]n2)c([N+]#[C-])c1[N+]#[C-].[Pt+2]. The van der Waals surface area contributed by atoms with E-state index in [4.69, 9.17) is 34.4 Å². The zero-order chi connectivity index (χ0) is 39.2. The van der Waals surface area contributed by atoms with Gasteiger partial charge in [0.15, 0.2) is 5.69 Å². The predicted octanol–water partition coefficient (Wildman–Crippen LogP) is 10.8. The van der Waals surface area contributed by atoms with Gasteiger partial charge < -0.3 is 19.5 Å². The van der Waals surface area contributed by atoms with Crippen LogP contribution in [0.15, 0.2) is 72.9 Å². The van der Waals surface area contributed by atoms with Gasteiger partial charge in [-0.05, 0) is 51.6 Å². The van der Waals surface area contributed by atoms with E-state index in [0.717, 1.165) is 38.8 Å². The average Bonchev–Trinajstić information content (AvgIpc) is 3.79. The number of rotatable bonds is 5. The summed E-state index contributed by atoms with van der Waals surface area (Å²) in [6, 6.07) is 28.7. The molecule has 0 atom stereocenters. The van der Waals surface area contributed by atoms with Crippen molar-refractivity contribution in [3.05, 3.63) is 135 Å². The fourth-order valence-corrected chi connectivity index (χ4v) is 6.46. The van der Waals surface area contributed by atoms with Gasteiger partial charge in [-0.15, -0.1) is 17.5 Å². The quantitative estimate of drug-likeness (QED) is 0.157. The molecule has 0 spiro atoms. The number of hydrogen-bond donors (Lipinski definition) is 0. The normalized spacial score (nSPS) is 11.2. The third-order valence-electron chi connectivity index (χ3n) is 9.32. The minimum atomic E-state index is -0.338. The van der Waals surface area contributed by atoms with E-state index in [-0.39, 0.29) is 77.2 Å². The van der Waals surface area contributed by atoms with Crippen LogP contribution >= 0.6 is 0 Å². The first kappa shape index (κ1) is 38.6. The Morgan fingerprint density at radius 1 is 0.768 bits per heavy atom. The van der Waals surface area contributed by atoms with Crippen LogP contribution < -0.4 is 9.84 Å². The summed E-state index contributed by atoms with van der Waals surface area (Å²) in [7, 11) is 0. The van der Waals surface area contributed by atoms with Crippen LogP contribution in [0.4, 0.5) is 17.1 Å². The van der Waals surface area contributed by atoms with E-state index in [1.54, 1.807) is 6.07 Å². The topological polar surface area (TPSA) is 128 Å². The first-order valence-electron chi connectivity index (χ1n) is 17.1. The monoisotopic (exact) mass is 909 g/mol. The fraction of sp³-hybridized carbons (Fsp3) is 0.182. The van der Waals surface area contributed by atoms with Crippen molar-refractivity contribution in [2.24, 2.45) is 0 Å². The number of hydrogen-bond acceptors (Lipinski definition) is 6. The maximum absolute atomic E-state index is 10.1. The van der Waals surface area contributed by atoms with Crippen LogP contribution in [0.1, 0.15) is 63.8 Å². The van der Waals surface area contributed by atoms with Gasteiger partial charge in [-0.1, -0.05) is 77.0 Å². The van der Waals surface area contributed by atoms with Crippen LogP contribution in [-0.2, 0) is 31.9 Å². The molecule has 4 aromatic heterocycles. The standard InChI is InChI=1S/C44H30N10O.Pt/c1-43(2,3)25-16-17-50-37(19-25)54-35-13-11-10-12-28(35)29-15-14-27(21-36(29)54)55-38-20-26(44(4,5)6)18-32(51-38)33-22-34(53-52-33)39-30(23-45)31(24-46)40(47-7)42(49-9)41(39)48-8;/h10-20,22H,1-6H3;/q-2;+2. The summed E-state index contributed by atoms with van der Waals surface area (Å²) in [5.74, 6) is 1.47. The van der Waals surface area contributed by atoms with Crippen molar-refractivity contribution in [1.82, 2.24) is 24.7 Å². The summed E-state index contributed by atoms with van der Waals surface area (Å²) in [5, 5.41) is 30.6. The Labute approximate surface area is 338 Å². The molecule has 272 valence electrons. The van der Waals surface area contributed by atoms with Crippen molar-refractivity contribution in [3.8, 4) is 52.2 Å². The molecule has 0 fully saturated rings. The van der Waals surface area contributed by atoms with Crippen LogP contribution in [0, 0.1) is 48.4 Å². The molecule has 11 nitrogen and oxygen atoms in total. The number of aromatic nitrogens is 5. The van der Waals surface area contributed by atoms with Crippen LogP contribution in [0.3, 0.4) is 0 Å². The second-order valence-corrected chi connectivity index (χ2v) is 14.9.